The topological polar surface area (TPSA) is 17.1 Å². The molecule has 122 valence electrons. The molecule has 3 heteroatoms. The van der Waals surface area contributed by atoms with Crippen molar-refractivity contribution in [2.75, 3.05) is 0 Å². The molecule has 0 amide bonds. The predicted octanol–water partition coefficient (Wildman–Crippen LogP) is 6.68. The van der Waals surface area contributed by atoms with Gasteiger partial charge in [-0.05, 0) is 54.2 Å². The van der Waals surface area contributed by atoms with E-state index in [4.69, 9.17) is 0 Å². The van der Waals surface area contributed by atoms with E-state index in [1.807, 2.05) is 60.7 Å². The Balaban J connectivity index is 1.98. The Hall–Kier alpha value is -1.45. The second-order valence-corrected chi connectivity index (χ2v) is 7.93. The minimum atomic E-state index is 0.166. The maximum Gasteiger partial charge on any atom is 0.185 e. The van der Waals surface area contributed by atoms with Crippen LogP contribution in [-0.4, -0.2) is 5.78 Å². The van der Waals surface area contributed by atoms with E-state index in [1.54, 1.807) is 0 Å². The van der Waals surface area contributed by atoms with Gasteiger partial charge in [0.2, 0.25) is 0 Å². The summed E-state index contributed by atoms with van der Waals surface area (Å²) in [5.41, 5.74) is 3.88. The number of benzene rings is 2. The summed E-state index contributed by atoms with van der Waals surface area (Å²) >= 11 is 7.12. The van der Waals surface area contributed by atoms with E-state index in [9.17, 15) is 4.79 Å². The van der Waals surface area contributed by atoms with Crippen molar-refractivity contribution in [1.82, 2.24) is 0 Å². The zero-order valence-corrected chi connectivity index (χ0v) is 16.6. The van der Waals surface area contributed by atoms with Crippen molar-refractivity contribution in [3.05, 3.63) is 79.7 Å². The Bertz CT molecular complexity index is 766. The zero-order chi connectivity index (χ0) is 17.1. The lowest BCUT2D eigenvalue weighted by Crippen LogP contribution is -2.18. The van der Waals surface area contributed by atoms with Gasteiger partial charge in [0.25, 0.3) is 0 Å². The minimum absolute atomic E-state index is 0.166. The number of hydrogen-bond acceptors (Lipinski definition) is 1. The highest BCUT2D eigenvalue weighted by Gasteiger charge is 2.25. The summed E-state index contributed by atoms with van der Waals surface area (Å²) in [6.07, 6.45) is 5.70. The van der Waals surface area contributed by atoms with E-state index in [2.05, 4.69) is 38.8 Å². The van der Waals surface area contributed by atoms with E-state index < -0.39 is 0 Å². The predicted molar refractivity (Wildman–Crippen MR) is 108 cm³/mol. The van der Waals surface area contributed by atoms with Crippen molar-refractivity contribution >= 4 is 49.8 Å². The van der Waals surface area contributed by atoms with Crippen LogP contribution >= 0.6 is 31.9 Å². The number of allylic oxidation sites excluding steroid dienone is 2. The van der Waals surface area contributed by atoms with Gasteiger partial charge in [-0.15, -0.1) is 0 Å². The van der Waals surface area contributed by atoms with Crippen LogP contribution < -0.4 is 0 Å². The van der Waals surface area contributed by atoms with Gasteiger partial charge in [-0.1, -0.05) is 75.2 Å². The lowest BCUT2D eigenvalue weighted by atomic mass is 9.81. The highest BCUT2D eigenvalue weighted by molar-refractivity contribution is 9.10. The monoisotopic (exact) mass is 444 g/mol. The number of ketones is 1. The highest BCUT2D eigenvalue weighted by atomic mass is 79.9. The van der Waals surface area contributed by atoms with Crippen LogP contribution in [0.1, 0.15) is 30.9 Å². The van der Waals surface area contributed by atoms with Crippen LogP contribution in [0.2, 0.25) is 0 Å². The third kappa shape index (κ3) is 3.96. The summed E-state index contributed by atoms with van der Waals surface area (Å²) < 4.78 is 2.03. The van der Waals surface area contributed by atoms with Gasteiger partial charge >= 0.3 is 0 Å². The smallest absolute Gasteiger partial charge is 0.185 e. The minimum Gasteiger partial charge on any atom is -0.289 e. The van der Waals surface area contributed by atoms with Crippen LogP contribution in [-0.2, 0) is 4.79 Å². The molecule has 1 nitrogen and oxygen atoms in total. The molecule has 0 aromatic heterocycles. The lowest BCUT2D eigenvalue weighted by Gasteiger charge is -2.23. The number of carbonyl (C=O) groups excluding carboxylic acids is 1. The van der Waals surface area contributed by atoms with Gasteiger partial charge in [-0.3, -0.25) is 4.79 Å². The summed E-state index contributed by atoms with van der Waals surface area (Å²) in [5.74, 6) is 0.629. The largest absolute Gasteiger partial charge is 0.289 e. The van der Waals surface area contributed by atoms with Crippen molar-refractivity contribution < 1.29 is 4.79 Å². The van der Waals surface area contributed by atoms with Crippen LogP contribution in [0.3, 0.4) is 0 Å². The quantitative estimate of drug-likeness (QED) is 0.471. The molecular formula is C21H18Br2O. The van der Waals surface area contributed by atoms with Gasteiger partial charge in [0.05, 0.1) is 0 Å². The Labute approximate surface area is 159 Å². The molecule has 0 radical (unpaired) electrons. The molecule has 0 bridgehead atoms. The maximum atomic E-state index is 12.9. The van der Waals surface area contributed by atoms with Crippen LogP contribution in [0.25, 0.3) is 12.2 Å². The van der Waals surface area contributed by atoms with E-state index in [-0.39, 0.29) is 5.78 Å². The van der Waals surface area contributed by atoms with Crippen LogP contribution in [0.4, 0.5) is 0 Å². The Morgan fingerprint density at radius 3 is 1.67 bits per heavy atom. The number of hydrogen-bond donors (Lipinski definition) is 0. The summed E-state index contributed by atoms with van der Waals surface area (Å²) in [6, 6.07) is 16.0. The first-order valence-electron chi connectivity index (χ1n) is 7.99. The molecule has 0 spiro atoms. The SMILES string of the molecule is CC1CC(=Cc2ccccc2Br)C(=O)C(=Cc2ccccc2Br)C1. The highest BCUT2D eigenvalue weighted by Crippen LogP contribution is 2.33. The van der Waals surface area contributed by atoms with Crippen molar-refractivity contribution in [2.24, 2.45) is 5.92 Å². The van der Waals surface area contributed by atoms with Crippen LogP contribution in [0.5, 0.6) is 0 Å². The second-order valence-electron chi connectivity index (χ2n) is 6.22. The van der Waals surface area contributed by atoms with Crippen molar-refractivity contribution in [1.29, 1.82) is 0 Å². The second kappa shape index (κ2) is 7.62. The molecule has 3 rings (SSSR count). The molecule has 0 atom stereocenters. The number of Topliss-reactive ketones (excluding diaryl/α,β-unsaturated/α-hetero) is 1. The average Bonchev–Trinajstić information content (AvgIpc) is 2.56. The van der Waals surface area contributed by atoms with Crippen molar-refractivity contribution in [3.8, 4) is 0 Å². The van der Waals surface area contributed by atoms with Gasteiger partial charge in [0, 0.05) is 20.1 Å². The van der Waals surface area contributed by atoms with Gasteiger partial charge in [-0.25, -0.2) is 0 Å². The molecule has 2 aromatic carbocycles. The molecule has 1 saturated carbocycles. The fourth-order valence-corrected chi connectivity index (χ4v) is 3.82. The molecule has 1 aliphatic carbocycles. The first-order chi connectivity index (χ1) is 11.5. The normalized spacial score (nSPS) is 21.5. The molecule has 24 heavy (non-hydrogen) atoms. The third-order valence-electron chi connectivity index (χ3n) is 4.19. The van der Waals surface area contributed by atoms with Crippen molar-refractivity contribution in [2.45, 2.75) is 19.8 Å². The molecular weight excluding hydrogens is 428 g/mol. The van der Waals surface area contributed by atoms with Gasteiger partial charge in [0.1, 0.15) is 0 Å². The maximum absolute atomic E-state index is 12.9. The summed E-state index contributed by atoms with van der Waals surface area (Å²) in [7, 11) is 0. The Kier molecular flexibility index (Phi) is 5.52. The standard InChI is InChI=1S/C21H18Br2O/c1-14-10-17(12-15-6-2-4-8-19(15)22)21(24)18(11-14)13-16-7-3-5-9-20(16)23/h2-9,12-14H,10-11H2,1H3. The molecule has 0 unspecified atom stereocenters. The van der Waals surface area contributed by atoms with Crippen LogP contribution in [0, 0.1) is 5.92 Å². The third-order valence-corrected chi connectivity index (χ3v) is 5.63. The fraction of sp³-hybridized carbons (Fsp3) is 0.190. The molecule has 0 aliphatic heterocycles. The van der Waals surface area contributed by atoms with E-state index in [0.717, 1.165) is 44.1 Å². The number of rotatable bonds is 2. The Morgan fingerprint density at radius 2 is 1.25 bits per heavy atom. The Morgan fingerprint density at radius 1 is 0.833 bits per heavy atom. The zero-order valence-electron chi connectivity index (χ0n) is 13.4. The molecule has 1 fully saturated rings. The molecule has 0 heterocycles. The fourth-order valence-electron chi connectivity index (χ4n) is 3.02. The van der Waals surface area contributed by atoms with Gasteiger partial charge in [-0.2, -0.15) is 0 Å². The first kappa shape index (κ1) is 17.4. The average molecular weight is 446 g/mol. The summed E-state index contributed by atoms with van der Waals surface area (Å²) in [4.78, 5) is 12.9. The van der Waals surface area contributed by atoms with Crippen LogP contribution in [0.15, 0.2) is 68.6 Å². The van der Waals surface area contributed by atoms with E-state index in [0.29, 0.717) is 5.92 Å². The molecule has 0 N–H and O–H groups in total. The van der Waals surface area contributed by atoms with E-state index in [1.165, 1.54) is 0 Å². The summed E-state index contributed by atoms with van der Waals surface area (Å²) in [5, 5.41) is 0. The van der Waals surface area contributed by atoms with Crippen molar-refractivity contribution in [3.63, 3.8) is 0 Å². The first-order valence-corrected chi connectivity index (χ1v) is 9.58. The van der Waals surface area contributed by atoms with Gasteiger partial charge in [0.15, 0.2) is 5.78 Å². The van der Waals surface area contributed by atoms with Gasteiger partial charge < -0.3 is 0 Å². The lowest BCUT2D eigenvalue weighted by molar-refractivity contribution is -0.113. The number of carbonyl (C=O) groups is 1. The molecule has 0 saturated heterocycles. The molecule has 1 aliphatic rings. The molecule has 2 aromatic rings. The van der Waals surface area contributed by atoms with E-state index >= 15 is 0 Å². The number of halogens is 2. The summed E-state index contributed by atoms with van der Waals surface area (Å²) in [6.45, 7) is 2.20.